The highest BCUT2D eigenvalue weighted by Gasteiger charge is 2.17. The number of hydrogen-bond acceptors (Lipinski definition) is 4. The standard InChI is InChI=1S/C18H22N4O2/c1-13-11-16(23)17(21-22(13)15-5-3-2-4-6-15)18(24)20-10-8-14-7-9-19-12-14/h2-6,11,14,19H,7-10,12H2,1H3,(H,20,24). The number of nitrogens with zero attached hydrogens (tertiary/aromatic N) is 2. The Hall–Kier alpha value is -2.47. The molecule has 2 aromatic rings. The van der Waals surface area contributed by atoms with Gasteiger partial charge in [-0.25, -0.2) is 4.68 Å². The number of rotatable bonds is 5. The lowest BCUT2D eigenvalue weighted by Gasteiger charge is -2.12. The average molecular weight is 326 g/mol. The van der Waals surface area contributed by atoms with E-state index in [4.69, 9.17) is 0 Å². The minimum atomic E-state index is -0.407. The molecule has 1 amide bonds. The lowest BCUT2D eigenvalue weighted by Crippen LogP contribution is -2.33. The van der Waals surface area contributed by atoms with Crippen LogP contribution in [0.2, 0.25) is 0 Å². The van der Waals surface area contributed by atoms with Gasteiger partial charge in [-0.1, -0.05) is 18.2 Å². The summed E-state index contributed by atoms with van der Waals surface area (Å²) in [5, 5.41) is 10.4. The topological polar surface area (TPSA) is 76.0 Å². The van der Waals surface area contributed by atoms with E-state index in [1.54, 1.807) is 11.6 Å². The molecule has 0 spiro atoms. The molecule has 0 bridgehead atoms. The number of aromatic nitrogens is 2. The van der Waals surface area contributed by atoms with Gasteiger partial charge in [-0.15, -0.1) is 0 Å². The van der Waals surface area contributed by atoms with Gasteiger partial charge in [0.05, 0.1) is 5.69 Å². The molecule has 6 heteroatoms. The van der Waals surface area contributed by atoms with Crippen LogP contribution >= 0.6 is 0 Å². The Labute approximate surface area is 140 Å². The summed E-state index contributed by atoms with van der Waals surface area (Å²) in [5.74, 6) is 0.188. The van der Waals surface area contributed by atoms with Gasteiger partial charge in [0, 0.05) is 18.3 Å². The molecule has 1 aromatic carbocycles. The van der Waals surface area contributed by atoms with Crippen LogP contribution in [-0.2, 0) is 0 Å². The fraction of sp³-hybridized carbons (Fsp3) is 0.389. The first-order valence-electron chi connectivity index (χ1n) is 8.30. The number of carbonyl (C=O) groups excluding carboxylic acids is 1. The number of carbonyl (C=O) groups is 1. The highest BCUT2D eigenvalue weighted by Crippen LogP contribution is 2.11. The molecular weight excluding hydrogens is 304 g/mol. The van der Waals surface area contributed by atoms with E-state index in [1.807, 2.05) is 30.3 Å². The summed E-state index contributed by atoms with van der Waals surface area (Å²) < 4.78 is 1.62. The van der Waals surface area contributed by atoms with Crippen molar-refractivity contribution in [2.45, 2.75) is 19.8 Å². The molecule has 0 radical (unpaired) electrons. The zero-order chi connectivity index (χ0) is 16.9. The summed E-state index contributed by atoms with van der Waals surface area (Å²) >= 11 is 0. The molecular formula is C18H22N4O2. The van der Waals surface area contributed by atoms with E-state index < -0.39 is 5.91 Å². The maximum Gasteiger partial charge on any atom is 0.275 e. The van der Waals surface area contributed by atoms with Gasteiger partial charge < -0.3 is 10.6 Å². The predicted octanol–water partition coefficient (Wildman–Crippen LogP) is 1.27. The van der Waals surface area contributed by atoms with E-state index in [-0.39, 0.29) is 11.1 Å². The fourth-order valence-corrected chi connectivity index (χ4v) is 2.97. The summed E-state index contributed by atoms with van der Waals surface area (Å²) in [4.78, 5) is 24.5. The largest absolute Gasteiger partial charge is 0.351 e. The summed E-state index contributed by atoms with van der Waals surface area (Å²) in [6.45, 7) is 4.40. The number of nitrogens with one attached hydrogen (secondary N) is 2. The lowest BCUT2D eigenvalue weighted by molar-refractivity contribution is 0.0943. The Kier molecular flexibility index (Phi) is 5.05. The van der Waals surface area contributed by atoms with Crippen LogP contribution in [0.25, 0.3) is 5.69 Å². The molecule has 1 aliphatic rings. The SMILES string of the molecule is Cc1cc(=O)c(C(=O)NCCC2CCNC2)nn1-c1ccccc1. The maximum absolute atomic E-state index is 12.3. The van der Waals surface area contributed by atoms with Crippen molar-refractivity contribution in [2.24, 2.45) is 5.92 Å². The van der Waals surface area contributed by atoms with Gasteiger partial charge >= 0.3 is 0 Å². The molecule has 1 aromatic heterocycles. The second-order valence-electron chi connectivity index (χ2n) is 6.15. The summed E-state index contributed by atoms with van der Waals surface area (Å²) in [7, 11) is 0. The van der Waals surface area contributed by atoms with E-state index in [1.165, 1.54) is 6.07 Å². The number of amides is 1. The van der Waals surface area contributed by atoms with Gasteiger partial charge in [-0.05, 0) is 50.9 Å². The highest BCUT2D eigenvalue weighted by molar-refractivity contribution is 5.92. The third-order valence-corrected chi connectivity index (χ3v) is 4.32. The molecule has 1 aliphatic heterocycles. The first-order valence-corrected chi connectivity index (χ1v) is 8.30. The third-order valence-electron chi connectivity index (χ3n) is 4.32. The second kappa shape index (κ2) is 7.40. The molecule has 1 fully saturated rings. The van der Waals surface area contributed by atoms with Gasteiger partial charge in [0.1, 0.15) is 0 Å². The van der Waals surface area contributed by atoms with Gasteiger partial charge in [-0.2, -0.15) is 5.10 Å². The molecule has 2 N–H and O–H groups in total. The van der Waals surface area contributed by atoms with Gasteiger partial charge in [0.2, 0.25) is 5.43 Å². The number of aryl methyl sites for hydroxylation is 1. The van der Waals surface area contributed by atoms with Crippen molar-refractivity contribution in [1.29, 1.82) is 0 Å². The quantitative estimate of drug-likeness (QED) is 0.868. The molecule has 0 saturated carbocycles. The highest BCUT2D eigenvalue weighted by atomic mass is 16.2. The summed E-state index contributed by atoms with van der Waals surface area (Å²) in [6, 6.07) is 10.9. The van der Waals surface area contributed by atoms with Crippen LogP contribution in [0.5, 0.6) is 0 Å². The van der Waals surface area contributed by atoms with Crippen molar-refractivity contribution in [3.05, 3.63) is 58.0 Å². The predicted molar refractivity (Wildman–Crippen MR) is 92.5 cm³/mol. The molecule has 1 atom stereocenters. The van der Waals surface area contributed by atoms with Crippen LogP contribution in [0.15, 0.2) is 41.2 Å². The van der Waals surface area contributed by atoms with Crippen molar-refractivity contribution < 1.29 is 4.79 Å². The van der Waals surface area contributed by atoms with Crippen molar-refractivity contribution in [2.75, 3.05) is 19.6 Å². The van der Waals surface area contributed by atoms with E-state index in [0.717, 1.165) is 31.6 Å². The minimum Gasteiger partial charge on any atom is -0.351 e. The molecule has 24 heavy (non-hydrogen) atoms. The van der Waals surface area contributed by atoms with Gasteiger partial charge in [-0.3, -0.25) is 9.59 Å². The van der Waals surface area contributed by atoms with Crippen LogP contribution in [0.3, 0.4) is 0 Å². The first kappa shape index (κ1) is 16.4. The van der Waals surface area contributed by atoms with Crippen LogP contribution in [-0.4, -0.2) is 35.3 Å². The maximum atomic E-state index is 12.3. The van der Waals surface area contributed by atoms with Crippen molar-refractivity contribution in [3.8, 4) is 5.69 Å². The van der Waals surface area contributed by atoms with E-state index in [0.29, 0.717) is 18.2 Å². The Bertz CT molecular complexity index is 764. The average Bonchev–Trinajstić information content (AvgIpc) is 3.09. The molecule has 3 rings (SSSR count). The van der Waals surface area contributed by atoms with Crippen LogP contribution < -0.4 is 16.1 Å². The Morgan fingerprint density at radius 1 is 1.38 bits per heavy atom. The molecule has 1 unspecified atom stereocenters. The Morgan fingerprint density at radius 2 is 2.17 bits per heavy atom. The summed E-state index contributed by atoms with van der Waals surface area (Å²) in [6.07, 6.45) is 2.05. The van der Waals surface area contributed by atoms with Gasteiger partial charge in [0.25, 0.3) is 5.91 Å². The Balaban J connectivity index is 1.74. The zero-order valence-electron chi connectivity index (χ0n) is 13.8. The lowest BCUT2D eigenvalue weighted by atomic mass is 10.1. The van der Waals surface area contributed by atoms with Crippen LogP contribution in [0.4, 0.5) is 0 Å². The molecule has 6 nitrogen and oxygen atoms in total. The first-order chi connectivity index (χ1) is 11.6. The molecule has 0 aliphatic carbocycles. The number of hydrogen-bond donors (Lipinski definition) is 2. The van der Waals surface area contributed by atoms with Crippen LogP contribution in [0, 0.1) is 12.8 Å². The third kappa shape index (κ3) is 3.71. The zero-order valence-corrected chi connectivity index (χ0v) is 13.8. The van der Waals surface area contributed by atoms with Crippen molar-refractivity contribution >= 4 is 5.91 Å². The fourth-order valence-electron chi connectivity index (χ4n) is 2.97. The van der Waals surface area contributed by atoms with Gasteiger partial charge in [0.15, 0.2) is 5.69 Å². The smallest absolute Gasteiger partial charge is 0.275 e. The molecule has 2 heterocycles. The van der Waals surface area contributed by atoms with Crippen LogP contribution in [0.1, 0.15) is 29.0 Å². The number of benzene rings is 1. The normalized spacial score (nSPS) is 17.0. The number of para-hydroxylation sites is 1. The minimum absolute atomic E-state index is 0.0611. The summed E-state index contributed by atoms with van der Waals surface area (Å²) in [5.41, 5.74) is 1.11. The van der Waals surface area contributed by atoms with E-state index in [2.05, 4.69) is 15.7 Å². The second-order valence-corrected chi connectivity index (χ2v) is 6.15. The Morgan fingerprint density at radius 3 is 2.88 bits per heavy atom. The van der Waals surface area contributed by atoms with E-state index in [9.17, 15) is 9.59 Å². The molecule has 126 valence electrons. The van der Waals surface area contributed by atoms with E-state index >= 15 is 0 Å². The van der Waals surface area contributed by atoms with Crippen molar-refractivity contribution in [1.82, 2.24) is 20.4 Å². The monoisotopic (exact) mass is 326 g/mol. The van der Waals surface area contributed by atoms with Crippen molar-refractivity contribution in [3.63, 3.8) is 0 Å². The molecule has 1 saturated heterocycles.